The quantitative estimate of drug-likeness (QED) is 0.882. The van der Waals surface area contributed by atoms with Gasteiger partial charge in [0.15, 0.2) is 0 Å². The van der Waals surface area contributed by atoms with Gasteiger partial charge in [-0.25, -0.2) is 0 Å². The van der Waals surface area contributed by atoms with Gasteiger partial charge in [-0.1, -0.05) is 29.8 Å². The molecule has 1 heterocycles. The minimum atomic E-state index is -0.918. The van der Waals surface area contributed by atoms with Gasteiger partial charge < -0.3 is 15.2 Å². The zero-order chi connectivity index (χ0) is 18.8. The number of carbonyl (C=O) groups excluding carboxylic acids is 1. The number of anilines is 1. The highest BCUT2D eigenvalue weighted by molar-refractivity contribution is 6.02. The van der Waals surface area contributed by atoms with Crippen LogP contribution in [0.2, 0.25) is 0 Å². The van der Waals surface area contributed by atoms with E-state index in [2.05, 4.69) is 5.32 Å². The molecule has 1 aliphatic heterocycles. The summed E-state index contributed by atoms with van der Waals surface area (Å²) in [6, 6.07) is 7.96. The SMILES string of the molecule is Cc1ccc(-c2c(C)c3c(c(C)c2CC(=O)O)NC(=O)/C=C\CO3)cc1. The van der Waals surface area contributed by atoms with Crippen molar-refractivity contribution in [1.29, 1.82) is 0 Å². The van der Waals surface area contributed by atoms with Gasteiger partial charge in [-0.3, -0.25) is 9.59 Å². The van der Waals surface area contributed by atoms with Crippen molar-refractivity contribution < 1.29 is 19.4 Å². The van der Waals surface area contributed by atoms with Crippen molar-refractivity contribution in [2.24, 2.45) is 0 Å². The molecule has 2 aromatic carbocycles. The van der Waals surface area contributed by atoms with Crippen molar-refractivity contribution in [3.05, 3.63) is 58.7 Å². The average Bonchev–Trinajstić information content (AvgIpc) is 2.57. The number of nitrogens with one attached hydrogen (secondary N) is 1. The van der Waals surface area contributed by atoms with Crippen LogP contribution in [0.1, 0.15) is 22.3 Å². The lowest BCUT2D eigenvalue weighted by atomic mass is 9.87. The van der Waals surface area contributed by atoms with E-state index in [4.69, 9.17) is 4.74 Å². The molecule has 134 valence electrons. The second-order valence-electron chi connectivity index (χ2n) is 6.45. The van der Waals surface area contributed by atoms with Gasteiger partial charge in [-0.2, -0.15) is 0 Å². The molecular formula is C21H21NO4. The van der Waals surface area contributed by atoms with E-state index in [0.29, 0.717) is 22.6 Å². The van der Waals surface area contributed by atoms with E-state index >= 15 is 0 Å². The molecule has 2 N–H and O–H groups in total. The average molecular weight is 351 g/mol. The van der Waals surface area contributed by atoms with E-state index in [0.717, 1.165) is 22.3 Å². The van der Waals surface area contributed by atoms with Crippen molar-refractivity contribution in [2.75, 3.05) is 11.9 Å². The third kappa shape index (κ3) is 3.33. The molecule has 0 unspecified atom stereocenters. The van der Waals surface area contributed by atoms with Gasteiger partial charge in [-0.15, -0.1) is 0 Å². The van der Waals surface area contributed by atoms with Crippen LogP contribution < -0.4 is 10.1 Å². The summed E-state index contributed by atoms with van der Waals surface area (Å²) in [5.41, 5.74) is 5.68. The summed E-state index contributed by atoms with van der Waals surface area (Å²) >= 11 is 0. The van der Waals surface area contributed by atoms with Gasteiger partial charge in [0.1, 0.15) is 12.4 Å². The van der Waals surface area contributed by atoms with Gasteiger partial charge in [0.05, 0.1) is 12.1 Å². The molecule has 5 nitrogen and oxygen atoms in total. The summed E-state index contributed by atoms with van der Waals surface area (Å²) in [4.78, 5) is 23.5. The summed E-state index contributed by atoms with van der Waals surface area (Å²) < 4.78 is 5.89. The van der Waals surface area contributed by atoms with E-state index in [1.165, 1.54) is 6.08 Å². The van der Waals surface area contributed by atoms with Crippen molar-refractivity contribution in [2.45, 2.75) is 27.2 Å². The highest BCUT2D eigenvalue weighted by Gasteiger charge is 2.24. The predicted octanol–water partition coefficient (Wildman–Crippen LogP) is 3.79. The number of benzene rings is 2. The molecule has 0 aromatic heterocycles. The molecule has 0 bridgehead atoms. The molecular weight excluding hydrogens is 330 g/mol. The number of rotatable bonds is 3. The Morgan fingerprint density at radius 1 is 1.15 bits per heavy atom. The van der Waals surface area contributed by atoms with E-state index in [1.54, 1.807) is 6.08 Å². The first-order chi connectivity index (χ1) is 12.4. The molecule has 0 saturated heterocycles. The first-order valence-corrected chi connectivity index (χ1v) is 8.43. The number of aliphatic carboxylic acids is 1. The van der Waals surface area contributed by atoms with Crippen molar-refractivity contribution in [3.63, 3.8) is 0 Å². The van der Waals surface area contributed by atoms with Gasteiger partial charge in [0.25, 0.3) is 0 Å². The normalized spacial score (nSPS) is 14.5. The lowest BCUT2D eigenvalue weighted by Crippen LogP contribution is -2.17. The van der Waals surface area contributed by atoms with Crippen molar-refractivity contribution in [1.82, 2.24) is 0 Å². The van der Waals surface area contributed by atoms with Gasteiger partial charge >= 0.3 is 5.97 Å². The number of ether oxygens (including phenoxy) is 1. The molecule has 2 aromatic rings. The van der Waals surface area contributed by atoms with E-state index in [1.807, 2.05) is 45.0 Å². The van der Waals surface area contributed by atoms with Crippen LogP contribution in [-0.4, -0.2) is 23.6 Å². The lowest BCUT2D eigenvalue weighted by molar-refractivity contribution is -0.136. The Labute approximate surface area is 152 Å². The molecule has 1 aliphatic rings. The number of amides is 1. The summed E-state index contributed by atoms with van der Waals surface area (Å²) in [6.45, 7) is 6.01. The van der Waals surface area contributed by atoms with Crippen LogP contribution >= 0.6 is 0 Å². The standard InChI is InChI=1S/C21H21NO4/c1-12-6-8-15(9-7-12)19-14(3)21-20(13(2)16(19)11-18(24)25)22-17(23)5-4-10-26-21/h4-9H,10-11H2,1-3H3,(H,22,23)(H,24,25)/b5-4-. The Hall–Kier alpha value is -3.08. The molecule has 1 amide bonds. The van der Waals surface area contributed by atoms with E-state index in [9.17, 15) is 14.7 Å². The second kappa shape index (κ2) is 7.04. The van der Waals surface area contributed by atoms with Crippen LogP contribution in [0, 0.1) is 20.8 Å². The Balaban J connectivity index is 2.30. The fraction of sp³-hybridized carbons (Fsp3) is 0.238. The third-order valence-corrected chi connectivity index (χ3v) is 4.58. The molecule has 0 aliphatic carbocycles. The lowest BCUT2D eigenvalue weighted by Gasteiger charge is -2.24. The van der Waals surface area contributed by atoms with E-state index < -0.39 is 5.97 Å². The first-order valence-electron chi connectivity index (χ1n) is 8.43. The molecule has 26 heavy (non-hydrogen) atoms. The number of hydrogen-bond donors (Lipinski definition) is 2. The molecule has 0 radical (unpaired) electrons. The first kappa shape index (κ1) is 17.7. The topological polar surface area (TPSA) is 75.6 Å². The van der Waals surface area contributed by atoms with Gasteiger partial charge in [0.2, 0.25) is 5.91 Å². The van der Waals surface area contributed by atoms with Crippen LogP contribution in [0.15, 0.2) is 36.4 Å². The Kier molecular flexibility index (Phi) is 4.80. The number of aryl methyl sites for hydroxylation is 1. The number of carboxylic acids is 1. The minimum absolute atomic E-state index is 0.130. The summed E-state index contributed by atoms with van der Waals surface area (Å²) in [5, 5.41) is 12.3. The maximum Gasteiger partial charge on any atom is 0.307 e. The molecule has 0 saturated carbocycles. The molecule has 0 spiro atoms. The monoisotopic (exact) mass is 351 g/mol. The molecule has 0 atom stereocenters. The predicted molar refractivity (Wildman–Crippen MR) is 101 cm³/mol. The molecule has 5 heteroatoms. The van der Waals surface area contributed by atoms with Crippen LogP contribution in [0.4, 0.5) is 5.69 Å². The highest BCUT2D eigenvalue weighted by atomic mass is 16.5. The summed E-state index contributed by atoms with van der Waals surface area (Å²) in [5.74, 6) is -0.579. The largest absolute Gasteiger partial charge is 0.487 e. The highest BCUT2D eigenvalue weighted by Crippen LogP contribution is 2.43. The summed E-state index contributed by atoms with van der Waals surface area (Å²) in [6.07, 6.45) is 2.95. The Bertz CT molecular complexity index is 911. The Morgan fingerprint density at radius 3 is 2.50 bits per heavy atom. The fourth-order valence-corrected chi connectivity index (χ4v) is 3.30. The smallest absolute Gasteiger partial charge is 0.307 e. The van der Waals surface area contributed by atoms with Crippen LogP contribution in [0.25, 0.3) is 11.1 Å². The van der Waals surface area contributed by atoms with Crippen molar-refractivity contribution in [3.8, 4) is 16.9 Å². The van der Waals surface area contributed by atoms with Gasteiger partial charge in [-0.05, 0) is 49.1 Å². The van der Waals surface area contributed by atoms with Gasteiger partial charge in [0, 0.05) is 11.6 Å². The van der Waals surface area contributed by atoms with E-state index in [-0.39, 0.29) is 18.9 Å². The van der Waals surface area contributed by atoms with Crippen molar-refractivity contribution >= 4 is 17.6 Å². The van der Waals surface area contributed by atoms with Crippen LogP contribution in [0.3, 0.4) is 0 Å². The second-order valence-corrected chi connectivity index (χ2v) is 6.45. The number of carbonyl (C=O) groups is 2. The summed E-state index contributed by atoms with van der Waals surface area (Å²) in [7, 11) is 0. The minimum Gasteiger partial charge on any atom is -0.487 e. The number of fused-ring (bicyclic) bond motifs is 1. The van der Waals surface area contributed by atoms with Crippen LogP contribution in [0.5, 0.6) is 5.75 Å². The fourth-order valence-electron chi connectivity index (χ4n) is 3.30. The number of hydrogen-bond acceptors (Lipinski definition) is 3. The Morgan fingerprint density at radius 2 is 1.85 bits per heavy atom. The molecule has 3 rings (SSSR count). The molecule has 0 fully saturated rings. The maximum atomic E-state index is 12.0. The maximum absolute atomic E-state index is 12.0. The zero-order valence-electron chi connectivity index (χ0n) is 15.1. The third-order valence-electron chi connectivity index (χ3n) is 4.58. The number of carboxylic acid groups (broad SMARTS) is 1. The zero-order valence-corrected chi connectivity index (χ0v) is 15.1. The van der Waals surface area contributed by atoms with Crippen LogP contribution in [-0.2, 0) is 16.0 Å².